The number of rotatable bonds is 5. The molecule has 1 fully saturated rings. The Hall–Kier alpha value is -2.83. The minimum atomic E-state index is -0.329. The lowest BCUT2D eigenvalue weighted by Crippen LogP contribution is -2.40. The highest BCUT2D eigenvalue weighted by Gasteiger charge is 2.32. The van der Waals surface area contributed by atoms with E-state index in [9.17, 15) is 14.0 Å². The SMILES string of the molecule is Cc1nc(C2CCCN(C(=O)CC(C)C)C2)nc2c1CCC(=O)N2Cc1ccccc1F. The van der Waals surface area contributed by atoms with Gasteiger partial charge in [0.1, 0.15) is 17.5 Å². The minimum absolute atomic E-state index is 0.0382. The van der Waals surface area contributed by atoms with Gasteiger partial charge in [0, 0.05) is 48.7 Å². The number of amides is 2. The van der Waals surface area contributed by atoms with Crippen LogP contribution in [0.2, 0.25) is 0 Å². The summed E-state index contributed by atoms with van der Waals surface area (Å²) >= 11 is 0. The number of hydrogen-bond donors (Lipinski definition) is 0. The highest BCUT2D eigenvalue weighted by Crippen LogP contribution is 2.33. The maximum absolute atomic E-state index is 14.3. The molecule has 1 unspecified atom stereocenters. The van der Waals surface area contributed by atoms with E-state index in [0.717, 1.165) is 30.6 Å². The van der Waals surface area contributed by atoms with Crippen molar-refractivity contribution in [1.82, 2.24) is 14.9 Å². The molecule has 2 amide bonds. The molecule has 7 heteroatoms. The van der Waals surface area contributed by atoms with Crippen LogP contribution in [0.25, 0.3) is 0 Å². The van der Waals surface area contributed by atoms with Crippen molar-refractivity contribution in [1.29, 1.82) is 0 Å². The monoisotopic (exact) mass is 438 g/mol. The molecule has 1 aromatic heterocycles. The zero-order chi connectivity index (χ0) is 22.8. The van der Waals surface area contributed by atoms with Gasteiger partial charge in [-0.3, -0.25) is 14.5 Å². The molecule has 3 heterocycles. The average molecular weight is 439 g/mol. The molecule has 0 bridgehead atoms. The van der Waals surface area contributed by atoms with Crippen molar-refractivity contribution in [3.05, 3.63) is 52.7 Å². The van der Waals surface area contributed by atoms with Gasteiger partial charge in [-0.25, -0.2) is 14.4 Å². The summed E-state index contributed by atoms with van der Waals surface area (Å²) in [6.07, 6.45) is 3.32. The number of aryl methyl sites for hydroxylation is 1. The van der Waals surface area contributed by atoms with E-state index in [1.54, 1.807) is 23.1 Å². The van der Waals surface area contributed by atoms with Crippen molar-refractivity contribution in [3.63, 3.8) is 0 Å². The van der Waals surface area contributed by atoms with Gasteiger partial charge in [-0.2, -0.15) is 0 Å². The molecule has 0 saturated carbocycles. The van der Waals surface area contributed by atoms with Crippen LogP contribution in [0.1, 0.15) is 68.1 Å². The third-order valence-electron chi connectivity index (χ3n) is 6.36. The highest BCUT2D eigenvalue weighted by molar-refractivity contribution is 5.95. The largest absolute Gasteiger partial charge is 0.342 e. The minimum Gasteiger partial charge on any atom is -0.342 e. The number of likely N-dealkylation sites (tertiary alicyclic amines) is 1. The summed E-state index contributed by atoms with van der Waals surface area (Å²) in [5.74, 6) is 1.43. The number of benzene rings is 1. The Bertz CT molecular complexity index is 1020. The van der Waals surface area contributed by atoms with E-state index in [2.05, 4.69) is 13.8 Å². The molecule has 1 atom stereocenters. The molecule has 0 aliphatic carbocycles. The molecule has 2 aliphatic heterocycles. The van der Waals surface area contributed by atoms with Crippen molar-refractivity contribution >= 4 is 17.6 Å². The quantitative estimate of drug-likeness (QED) is 0.703. The van der Waals surface area contributed by atoms with Gasteiger partial charge in [-0.15, -0.1) is 0 Å². The molecule has 2 aromatic rings. The Morgan fingerprint density at radius 1 is 1.22 bits per heavy atom. The molecule has 1 aromatic carbocycles. The Morgan fingerprint density at radius 3 is 2.75 bits per heavy atom. The topological polar surface area (TPSA) is 66.4 Å². The fourth-order valence-electron chi connectivity index (χ4n) is 4.64. The van der Waals surface area contributed by atoms with E-state index >= 15 is 0 Å². The number of anilines is 1. The van der Waals surface area contributed by atoms with E-state index < -0.39 is 0 Å². The summed E-state index contributed by atoms with van der Waals surface area (Å²) in [6, 6.07) is 6.52. The molecule has 0 N–H and O–H groups in total. The van der Waals surface area contributed by atoms with Gasteiger partial charge in [0.2, 0.25) is 11.8 Å². The molecule has 0 spiro atoms. The third kappa shape index (κ3) is 4.66. The van der Waals surface area contributed by atoms with Crippen molar-refractivity contribution in [2.24, 2.45) is 5.92 Å². The van der Waals surface area contributed by atoms with Crippen LogP contribution < -0.4 is 4.90 Å². The van der Waals surface area contributed by atoms with Crippen LogP contribution in [0.15, 0.2) is 24.3 Å². The third-order valence-corrected chi connectivity index (χ3v) is 6.36. The molecule has 1 saturated heterocycles. The number of aromatic nitrogens is 2. The van der Waals surface area contributed by atoms with E-state index in [-0.39, 0.29) is 30.1 Å². The van der Waals surface area contributed by atoms with Crippen molar-refractivity contribution in [3.8, 4) is 0 Å². The zero-order valence-corrected chi connectivity index (χ0v) is 19.1. The van der Waals surface area contributed by atoms with Crippen LogP contribution in [0, 0.1) is 18.7 Å². The second-order valence-corrected chi connectivity index (χ2v) is 9.32. The predicted octanol–water partition coefficient (Wildman–Crippen LogP) is 4.16. The first-order valence-electron chi connectivity index (χ1n) is 11.5. The Balaban J connectivity index is 1.63. The second kappa shape index (κ2) is 9.35. The maximum atomic E-state index is 14.3. The van der Waals surface area contributed by atoms with E-state index in [0.29, 0.717) is 48.9 Å². The molecular formula is C25H31FN4O2. The summed E-state index contributed by atoms with van der Waals surface area (Å²) in [5.41, 5.74) is 2.28. The maximum Gasteiger partial charge on any atom is 0.228 e. The van der Waals surface area contributed by atoms with Crippen molar-refractivity contribution in [2.45, 2.75) is 65.3 Å². The number of fused-ring (bicyclic) bond motifs is 1. The summed E-state index contributed by atoms with van der Waals surface area (Å²) in [6.45, 7) is 7.57. The van der Waals surface area contributed by atoms with Gasteiger partial charge in [-0.1, -0.05) is 32.0 Å². The number of halogens is 1. The summed E-state index contributed by atoms with van der Waals surface area (Å²) < 4.78 is 14.3. The van der Waals surface area contributed by atoms with Crippen LogP contribution >= 0.6 is 0 Å². The molecule has 4 rings (SSSR count). The number of nitrogens with zero attached hydrogens (tertiary/aromatic N) is 4. The first-order valence-corrected chi connectivity index (χ1v) is 11.5. The summed E-state index contributed by atoms with van der Waals surface area (Å²) in [4.78, 5) is 38.6. The molecule has 6 nitrogen and oxygen atoms in total. The van der Waals surface area contributed by atoms with Gasteiger partial charge < -0.3 is 4.90 Å². The van der Waals surface area contributed by atoms with Crippen LogP contribution in [0.5, 0.6) is 0 Å². The standard InChI is InChI=1S/C25H31FN4O2/c1-16(2)13-23(32)29-12-6-8-19(14-29)24-27-17(3)20-10-11-22(31)30(25(20)28-24)15-18-7-4-5-9-21(18)26/h4-5,7,9,16,19H,6,8,10-15H2,1-3H3. The molecule has 0 radical (unpaired) electrons. The Kier molecular flexibility index (Phi) is 6.53. The van der Waals surface area contributed by atoms with Gasteiger partial charge in [0.05, 0.1) is 6.54 Å². The van der Waals surface area contributed by atoms with E-state index in [1.165, 1.54) is 6.07 Å². The smallest absolute Gasteiger partial charge is 0.228 e. The van der Waals surface area contributed by atoms with Crippen LogP contribution in [0.4, 0.5) is 10.2 Å². The number of carbonyl (C=O) groups excluding carboxylic acids is 2. The van der Waals surface area contributed by atoms with Gasteiger partial charge in [0.25, 0.3) is 0 Å². The predicted molar refractivity (Wildman–Crippen MR) is 121 cm³/mol. The van der Waals surface area contributed by atoms with Crippen molar-refractivity contribution < 1.29 is 14.0 Å². The summed E-state index contributed by atoms with van der Waals surface area (Å²) in [5, 5.41) is 0. The number of carbonyl (C=O) groups is 2. The molecule has 32 heavy (non-hydrogen) atoms. The molecule has 170 valence electrons. The van der Waals surface area contributed by atoms with Crippen LogP contribution in [-0.2, 0) is 22.6 Å². The fourth-order valence-corrected chi connectivity index (χ4v) is 4.64. The first kappa shape index (κ1) is 22.4. The lowest BCUT2D eigenvalue weighted by molar-refractivity contribution is -0.133. The highest BCUT2D eigenvalue weighted by atomic mass is 19.1. The lowest BCUT2D eigenvalue weighted by Gasteiger charge is -2.34. The summed E-state index contributed by atoms with van der Waals surface area (Å²) in [7, 11) is 0. The van der Waals surface area contributed by atoms with Crippen molar-refractivity contribution in [2.75, 3.05) is 18.0 Å². The van der Waals surface area contributed by atoms with E-state index in [1.807, 2.05) is 11.8 Å². The first-order chi connectivity index (χ1) is 15.3. The Labute approximate surface area is 188 Å². The Morgan fingerprint density at radius 2 is 2.00 bits per heavy atom. The van der Waals surface area contributed by atoms with Gasteiger partial charge >= 0.3 is 0 Å². The number of piperidine rings is 1. The normalized spacial score (nSPS) is 18.8. The second-order valence-electron chi connectivity index (χ2n) is 9.32. The van der Waals surface area contributed by atoms with Crippen LogP contribution in [0.3, 0.4) is 0 Å². The molecular weight excluding hydrogens is 407 g/mol. The zero-order valence-electron chi connectivity index (χ0n) is 19.1. The lowest BCUT2D eigenvalue weighted by atomic mass is 9.95. The van der Waals surface area contributed by atoms with Crippen LogP contribution in [-0.4, -0.2) is 39.8 Å². The van der Waals surface area contributed by atoms with Gasteiger partial charge in [0.15, 0.2) is 0 Å². The molecule has 2 aliphatic rings. The fraction of sp³-hybridized carbons (Fsp3) is 0.520. The average Bonchev–Trinajstić information content (AvgIpc) is 2.76. The van der Waals surface area contributed by atoms with Gasteiger partial charge in [-0.05, 0) is 38.2 Å². The number of hydrogen-bond acceptors (Lipinski definition) is 4. The van der Waals surface area contributed by atoms with E-state index in [4.69, 9.17) is 9.97 Å².